The van der Waals surface area contributed by atoms with Crippen molar-refractivity contribution in [1.29, 1.82) is 0 Å². The topological polar surface area (TPSA) is 16.1 Å². The first-order valence-corrected chi connectivity index (χ1v) is 5.45. The Bertz CT molecular complexity index is 420. The van der Waals surface area contributed by atoms with E-state index in [1.807, 2.05) is 0 Å². The first-order chi connectivity index (χ1) is 8.28. The van der Waals surface area contributed by atoms with Gasteiger partial charge in [-0.25, -0.2) is 13.8 Å². The van der Waals surface area contributed by atoms with Gasteiger partial charge in [0.15, 0.2) is 0 Å². The van der Waals surface area contributed by atoms with Gasteiger partial charge in [-0.05, 0) is 12.1 Å². The van der Waals surface area contributed by atoms with Crippen LogP contribution in [0.4, 0.5) is 27.8 Å². The fourth-order valence-corrected chi connectivity index (χ4v) is 1.82. The van der Waals surface area contributed by atoms with Crippen LogP contribution in [0.15, 0.2) is 18.2 Å². The number of pyridine rings is 1. The molecule has 1 fully saturated rings. The molecule has 18 heavy (non-hydrogen) atoms. The van der Waals surface area contributed by atoms with Crippen molar-refractivity contribution in [2.45, 2.75) is 24.9 Å². The molecule has 0 saturated carbocycles. The molecule has 7 heteroatoms. The molecular weight excluding hydrogens is 255 g/mol. The van der Waals surface area contributed by atoms with Crippen LogP contribution in [0.2, 0.25) is 0 Å². The van der Waals surface area contributed by atoms with Crippen LogP contribution in [-0.4, -0.2) is 24.0 Å². The summed E-state index contributed by atoms with van der Waals surface area (Å²) in [4.78, 5) is 4.92. The smallest absolute Gasteiger partial charge is 0.356 e. The second kappa shape index (κ2) is 4.37. The third-order valence-electron chi connectivity index (χ3n) is 2.84. The van der Waals surface area contributed by atoms with Crippen LogP contribution in [0.1, 0.15) is 18.5 Å². The Morgan fingerprint density at radius 2 is 1.72 bits per heavy atom. The molecule has 2 rings (SSSR count). The Balaban J connectivity index is 2.15. The van der Waals surface area contributed by atoms with Crippen LogP contribution < -0.4 is 4.90 Å². The number of piperidine rings is 1. The maximum atomic E-state index is 12.9. The number of hydrogen-bond acceptors (Lipinski definition) is 2. The zero-order chi connectivity index (χ0) is 13.4. The highest BCUT2D eigenvalue weighted by atomic mass is 19.4. The lowest BCUT2D eigenvalue weighted by Crippen LogP contribution is -2.39. The van der Waals surface area contributed by atoms with Gasteiger partial charge < -0.3 is 4.90 Å². The maximum Gasteiger partial charge on any atom is 0.433 e. The summed E-state index contributed by atoms with van der Waals surface area (Å²) in [7, 11) is 0. The molecule has 1 saturated heterocycles. The molecular formula is C11H11F5N2. The number of hydrogen-bond donors (Lipinski definition) is 0. The second-order valence-corrected chi connectivity index (χ2v) is 4.22. The fraction of sp³-hybridized carbons (Fsp3) is 0.545. The summed E-state index contributed by atoms with van der Waals surface area (Å²) in [6.45, 7) is 0.0304. The normalized spacial score (nSPS) is 19.9. The first-order valence-electron chi connectivity index (χ1n) is 5.45. The number of anilines is 1. The van der Waals surface area contributed by atoms with Gasteiger partial charge in [0.1, 0.15) is 11.5 Å². The summed E-state index contributed by atoms with van der Waals surface area (Å²) in [6, 6.07) is 3.50. The van der Waals surface area contributed by atoms with Crippen molar-refractivity contribution in [2.24, 2.45) is 0 Å². The molecule has 0 atom stereocenters. The Morgan fingerprint density at radius 3 is 2.28 bits per heavy atom. The maximum absolute atomic E-state index is 12.9. The quantitative estimate of drug-likeness (QED) is 0.725. The van der Waals surface area contributed by atoms with Gasteiger partial charge in [-0.3, -0.25) is 0 Å². The van der Waals surface area contributed by atoms with Gasteiger partial charge in [-0.15, -0.1) is 0 Å². The summed E-state index contributed by atoms with van der Waals surface area (Å²) in [5.41, 5.74) is -1.00. The number of aromatic nitrogens is 1. The predicted octanol–water partition coefficient (Wildman–Crippen LogP) is 3.34. The minimum atomic E-state index is -4.52. The SMILES string of the molecule is FC1(F)CCN(c2cccc(C(F)(F)F)n2)CC1. The molecule has 2 heterocycles. The molecule has 1 aromatic heterocycles. The number of alkyl halides is 5. The van der Waals surface area contributed by atoms with Crippen LogP contribution in [-0.2, 0) is 6.18 Å². The van der Waals surface area contributed by atoms with Crippen LogP contribution in [0.5, 0.6) is 0 Å². The predicted molar refractivity (Wildman–Crippen MR) is 55.6 cm³/mol. The van der Waals surface area contributed by atoms with Crippen LogP contribution >= 0.6 is 0 Å². The van der Waals surface area contributed by atoms with Crippen molar-refractivity contribution in [3.05, 3.63) is 23.9 Å². The fourth-order valence-electron chi connectivity index (χ4n) is 1.82. The number of rotatable bonds is 1. The Labute approximate surface area is 100 Å². The molecule has 0 N–H and O–H groups in total. The van der Waals surface area contributed by atoms with Crippen molar-refractivity contribution in [2.75, 3.05) is 18.0 Å². The third-order valence-corrected chi connectivity index (χ3v) is 2.84. The molecule has 0 radical (unpaired) electrons. The molecule has 1 aliphatic heterocycles. The number of nitrogens with zero attached hydrogens (tertiary/aromatic N) is 2. The molecule has 1 aromatic rings. The number of halogens is 5. The van der Waals surface area contributed by atoms with E-state index in [0.717, 1.165) is 6.07 Å². The highest BCUT2D eigenvalue weighted by molar-refractivity contribution is 5.40. The van der Waals surface area contributed by atoms with E-state index in [4.69, 9.17) is 0 Å². The zero-order valence-corrected chi connectivity index (χ0v) is 9.34. The molecule has 1 aliphatic rings. The molecule has 0 bridgehead atoms. The van der Waals surface area contributed by atoms with E-state index in [0.29, 0.717) is 0 Å². The van der Waals surface area contributed by atoms with Crippen molar-refractivity contribution in [3.63, 3.8) is 0 Å². The summed E-state index contributed by atoms with van der Waals surface area (Å²) in [5, 5.41) is 0. The monoisotopic (exact) mass is 266 g/mol. The van der Waals surface area contributed by atoms with Crippen LogP contribution in [0.25, 0.3) is 0 Å². The van der Waals surface area contributed by atoms with Gasteiger partial charge in [0.2, 0.25) is 0 Å². The molecule has 100 valence electrons. The van der Waals surface area contributed by atoms with Crippen molar-refractivity contribution >= 4 is 5.82 Å². The van der Waals surface area contributed by atoms with E-state index in [2.05, 4.69) is 4.98 Å². The van der Waals surface area contributed by atoms with Gasteiger partial charge >= 0.3 is 6.18 Å². The standard InChI is InChI=1S/C11H11F5N2/c12-10(13)4-6-18(7-5-10)9-3-1-2-8(17-9)11(14,15)16/h1-3H,4-7H2. The Hall–Kier alpha value is -1.40. The summed E-state index contributed by atoms with van der Waals surface area (Å²) >= 11 is 0. The molecule has 0 unspecified atom stereocenters. The highest BCUT2D eigenvalue weighted by Crippen LogP contribution is 2.32. The van der Waals surface area contributed by atoms with Crippen LogP contribution in [0, 0.1) is 0 Å². The summed E-state index contributed by atoms with van der Waals surface area (Å²) in [5.74, 6) is -2.63. The minimum Gasteiger partial charge on any atom is -0.356 e. The van der Waals surface area contributed by atoms with Crippen molar-refractivity contribution < 1.29 is 22.0 Å². The Kier molecular flexibility index (Phi) is 3.16. The van der Waals surface area contributed by atoms with E-state index in [1.165, 1.54) is 17.0 Å². The van der Waals surface area contributed by atoms with Gasteiger partial charge in [0, 0.05) is 25.9 Å². The van der Waals surface area contributed by atoms with E-state index in [9.17, 15) is 22.0 Å². The molecule has 0 aromatic carbocycles. The van der Waals surface area contributed by atoms with Gasteiger partial charge in [-0.2, -0.15) is 13.2 Å². The summed E-state index contributed by atoms with van der Waals surface area (Å²) in [6.07, 6.45) is -5.23. The minimum absolute atomic E-state index is 0.0152. The average molecular weight is 266 g/mol. The van der Waals surface area contributed by atoms with E-state index in [-0.39, 0.29) is 31.7 Å². The van der Waals surface area contributed by atoms with Gasteiger partial charge in [0.25, 0.3) is 5.92 Å². The van der Waals surface area contributed by atoms with Crippen molar-refractivity contribution in [3.8, 4) is 0 Å². The van der Waals surface area contributed by atoms with Gasteiger partial charge in [0.05, 0.1) is 0 Å². The summed E-state index contributed by atoms with van der Waals surface area (Å²) < 4.78 is 63.2. The average Bonchev–Trinajstić information content (AvgIpc) is 2.28. The second-order valence-electron chi connectivity index (χ2n) is 4.22. The lowest BCUT2D eigenvalue weighted by Gasteiger charge is -2.32. The molecule has 0 amide bonds. The van der Waals surface area contributed by atoms with Crippen molar-refractivity contribution in [1.82, 2.24) is 4.98 Å². The Morgan fingerprint density at radius 1 is 1.11 bits per heavy atom. The zero-order valence-electron chi connectivity index (χ0n) is 9.34. The largest absolute Gasteiger partial charge is 0.433 e. The molecule has 0 spiro atoms. The molecule has 2 nitrogen and oxygen atoms in total. The lowest BCUT2D eigenvalue weighted by molar-refractivity contribution is -0.141. The lowest BCUT2D eigenvalue weighted by atomic mass is 10.1. The first kappa shape index (κ1) is 13.0. The van der Waals surface area contributed by atoms with E-state index < -0.39 is 17.8 Å². The highest BCUT2D eigenvalue weighted by Gasteiger charge is 2.36. The molecule has 0 aliphatic carbocycles. The third kappa shape index (κ3) is 2.88. The van der Waals surface area contributed by atoms with Gasteiger partial charge in [-0.1, -0.05) is 6.07 Å². The van der Waals surface area contributed by atoms with Crippen LogP contribution in [0.3, 0.4) is 0 Å². The van der Waals surface area contributed by atoms with E-state index >= 15 is 0 Å². The van der Waals surface area contributed by atoms with E-state index in [1.54, 1.807) is 0 Å².